The number of carbonyl (C=O) groups is 2. The average molecular weight is 249 g/mol. The highest BCUT2D eigenvalue weighted by atomic mass is 16.2. The predicted molar refractivity (Wildman–Crippen MR) is 65.0 cm³/mol. The van der Waals surface area contributed by atoms with Crippen molar-refractivity contribution >= 4 is 11.8 Å². The number of amides is 2. The summed E-state index contributed by atoms with van der Waals surface area (Å²) in [4.78, 5) is 38.9. The maximum Gasteiger partial charge on any atom is 0.260 e. The van der Waals surface area contributed by atoms with E-state index in [1.165, 1.54) is 11.0 Å². The van der Waals surface area contributed by atoms with Gasteiger partial charge in [0.2, 0.25) is 5.91 Å². The first-order chi connectivity index (χ1) is 8.49. The van der Waals surface area contributed by atoms with Gasteiger partial charge in [-0.2, -0.15) is 0 Å². The number of nitrogens with zero attached hydrogens (tertiary/aromatic N) is 1. The van der Waals surface area contributed by atoms with Gasteiger partial charge in [-0.05, 0) is 25.5 Å². The number of nitrogens with two attached hydrogens (primary N) is 1. The van der Waals surface area contributed by atoms with Gasteiger partial charge in [0, 0.05) is 18.8 Å². The van der Waals surface area contributed by atoms with Gasteiger partial charge in [-0.1, -0.05) is 0 Å². The monoisotopic (exact) mass is 249 g/mol. The normalized spacial score (nSPS) is 18.9. The molecule has 1 fully saturated rings. The molecule has 2 amide bonds. The van der Waals surface area contributed by atoms with Gasteiger partial charge in [-0.15, -0.1) is 0 Å². The number of pyridine rings is 1. The predicted octanol–water partition coefficient (Wildman–Crippen LogP) is -0.369. The Bertz CT molecular complexity index is 550. The molecule has 1 atom stereocenters. The molecule has 1 aromatic heterocycles. The van der Waals surface area contributed by atoms with Crippen molar-refractivity contribution in [1.82, 2.24) is 9.88 Å². The molecule has 1 aliphatic rings. The van der Waals surface area contributed by atoms with E-state index in [0.717, 1.165) is 0 Å². The Morgan fingerprint density at radius 1 is 1.44 bits per heavy atom. The SMILES string of the molecule is Cc1ccc(C(=O)N2CC[C@@H](C(N)=O)C2)c(=O)[nH]1. The zero-order chi connectivity index (χ0) is 13.3. The summed E-state index contributed by atoms with van der Waals surface area (Å²) in [5, 5.41) is 0. The molecule has 6 heteroatoms. The molecule has 0 saturated carbocycles. The molecule has 0 spiro atoms. The number of rotatable bonds is 2. The van der Waals surface area contributed by atoms with Gasteiger partial charge in [0.05, 0.1) is 5.92 Å². The van der Waals surface area contributed by atoms with Crippen LogP contribution in [0.15, 0.2) is 16.9 Å². The summed E-state index contributed by atoms with van der Waals surface area (Å²) >= 11 is 0. The molecular formula is C12H15N3O3. The van der Waals surface area contributed by atoms with Crippen LogP contribution in [-0.4, -0.2) is 34.8 Å². The standard InChI is InChI=1S/C12H15N3O3/c1-7-2-3-9(11(17)14-7)12(18)15-5-4-8(6-15)10(13)16/h2-3,8H,4-6H2,1H3,(H2,13,16)(H,14,17)/t8-/m1/s1. The second-order valence-electron chi connectivity index (χ2n) is 4.52. The Morgan fingerprint density at radius 2 is 2.17 bits per heavy atom. The molecule has 3 N–H and O–H groups in total. The van der Waals surface area contributed by atoms with E-state index in [2.05, 4.69) is 4.98 Å². The van der Waals surface area contributed by atoms with Crippen LogP contribution in [0.3, 0.4) is 0 Å². The largest absolute Gasteiger partial charge is 0.369 e. The second-order valence-corrected chi connectivity index (χ2v) is 4.52. The maximum absolute atomic E-state index is 12.1. The number of likely N-dealkylation sites (tertiary alicyclic amines) is 1. The van der Waals surface area contributed by atoms with Crippen molar-refractivity contribution in [2.45, 2.75) is 13.3 Å². The third kappa shape index (κ3) is 2.27. The number of H-pyrrole nitrogens is 1. The molecule has 6 nitrogen and oxygen atoms in total. The third-order valence-electron chi connectivity index (χ3n) is 3.16. The van der Waals surface area contributed by atoms with Gasteiger partial charge >= 0.3 is 0 Å². The lowest BCUT2D eigenvalue weighted by atomic mass is 10.1. The minimum Gasteiger partial charge on any atom is -0.369 e. The van der Waals surface area contributed by atoms with E-state index in [0.29, 0.717) is 25.2 Å². The lowest BCUT2D eigenvalue weighted by molar-refractivity contribution is -0.121. The van der Waals surface area contributed by atoms with Crippen molar-refractivity contribution in [3.05, 3.63) is 33.7 Å². The number of hydrogen-bond acceptors (Lipinski definition) is 3. The van der Waals surface area contributed by atoms with Gasteiger partial charge in [-0.25, -0.2) is 0 Å². The molecule has 1 aromatic rings. The first-order valence-corrected chi connectivity index (χ1v) is 5.77. The van der Waals surface area contributed by atoms with Gasteiger partial charge in [0.15, 0.2) is 0 Å². The first-order valence-electron chi connectivity index (χ1n) is 5.77. The Balaban J connectivity index is 2.18. The van der Waals surface area contributed by atoms with Crippen molar-refractivity contribution in [2.75, 3.05) is 13.1 Å². The number of primary amides is 1. The summed E-state index contributed by atoms with van der Waals surface area (Å²) in [5.74, 6) is -1.05. The molecule has 0 unspecified atom stereocenters. The van der Waals surface area contributed by atoms with Crippen LogP contribution in [0.2, 0.25) is 0 Å². The van der Waals surface area contributed by atoms with Crippen molar-refractivity contribution < 1.29 is 9.59 Å². The number of aryl methyl sites for hydroxylation is 1. The molecule has 2 heterocycles. The Morgan fingerprint density at radius 3 is 2.72 bits per heavy atom. The molecule has 1 saturated heterocycles. The first kappa shape index (κ1) is 12.3. The van der Waals surface area contributed by atoms with Crippen LogP contribution >= 0.6 is 0 Å². The van der Waals surface area contributed by atoms with Crippen molar-refractivity contribution in [2.24, 2.45) is 11.7 Å². The molecule has 0 radical (unpaired) electrons. The quantitative estimate of drug-likeness (QED) is 0.748. The molecule has 2 rings (SSSR count). The summed E-state index contributed by atoms with van der Waals surface area (Å²) in [7, 11) is 0. The molecular weight excluding hydrogens is 234 g/mol. The summed E-state index contributed by atoms with van der Waals surface area (Å²) < 4.78 is 0. The van der Waals surface area contributed by atoms with Crippen LogP contribution in [0.4, 0.5) is 0 Å². The van der Waals surface area contributed by atoms with Gasteiger partial charge in [-0.3, -0.25) is 14.4 Å². The van der Waals surface area contributed by atoms with Crippen LogP contribution in [0.25, 0.3) is 0 Å². The average Bonchev–Trinajstić information content (AvgIpc) is 2.77. The van der Waals surface area contributed by atoms with Gasteiger partial charge in [0.1, 0.15) is 5.56 Å². The fraction of sp³-hybridized carbons (Fsp3) is 0.417. The van der Waals surface area contributed by atoms with E-state index in [1.54, 1.807) is 13.0 Å². The van der Waals surface area contributed by atoms with E-state index in [1.807, 2.05) is 0 Å². The molecule has 0 aliphatic carbocycles. The highest BCUT2D eigenvalue weighted by molar-refractivity contribution is 5.94. The summed E-state index contributed by atoms with van der Waals surface area (Å²) in [6.07, 6.45) is 0.560. The Labute approximate surface area is 104 Å². The third-order valence-corrected chi connectivity index (χ3v) is 3.16. The Kier molecular flexibility index (Phi) is 3.18. The summed E-state index contributed by atoms with van der Waals surface area (Å²) in [6, 6.07) is 3.18. The van der Waals surface area contributed by atoms with Gasteiger partial charge < -0.3 is 15.6 Å². The maximum atomic E-state index is 12.1. The van der Waals surface area contributed by atoms with E-state index in [-0.39, 0.29) is 17.4 Å². The topological polar surface area (TPSA) is 96.3 Å². The Hall–Kier alpha value is -2.11. The van der Waals surface area contributed by atoms with Crippen LogP contribution in [-0.2, 0) is 4.79 Å². The van der Waals surface area contributed by atoms with E-state index < -0.39 is 11.5 Å². The highest BCUT2D eigenvalue weighted by Gasteiger charge is 2.30. The van der Waals surface area contributed by atoms with Crippen LogP contribution < -0.4 is 11.3 Å². The van der Waals surface area contributed by atoms with E-state index in [4.69, 9.17) is 5.73 Å². The lowest BCUT2D eigenvalue weighted by Crippen LogP contribution is -2.34. The molecule has 1 aliphatic heterocycles. The number of hydrogen-bond donors (Lipinski definition) is 2. The second kappa shape index (κ2) is 4.64. The lowest BCUT2D eigenvalue weighted by Gasteiger charge is -2.15. The number of carbonyl (C=O) groups excluding carboxylic acids is 2. The summed E-state index contributed by atoms with van der Waals surface area (Å²) in [6.45, 7) is 2.50. The smallest absolute Gasteiger partial charge is 0.260 e. The number of aromatic amines is 1. The zero-order valence-corrected chi connectivity index (χ0v) is 10.1. The van der Waals surface area contributed by atoms with Crippen LogP contribution in [0.1, 0.15) is 22.5 Å². The van der Waals surface area contributed by atoms with Crippen molar-refractivity contribution in [1.29, 1.82) is 0 Å². The van der Waals surface area contributed by atoms with Crippen molar-refractivity contribution in [3.63, 3.8) is 0 Å². The van der Waals surface area contributed by atoms with Crippen LogP contribution in [0, 0.1) is 12.8 Å². The number of aromatic nitrogens is 1. The minimum absolute atomic E-state index is 0.103. The number of nitrogens with one attached hydrogen (secondary N) is 1. The molecule has 0 aromatic carbocycles. The fourth-order valence-electron chi connectivity index (χ4n) is 2.09. The summed E-state index contributed by atoms with van der Waals surface area (Å²) in [5.41, 5.74) is 5.61. The molecule has 96 valence electrons. The van der Waals surface area contributed by atoms with Gasteiger partial charge in [0.25, 0.3) is 11.5 Å². The van der Waals surface area contributed by atoms with Crippen molar-refractivity contribution in [3.8, 4) is 0 Å². The van der Waals surface area contributed by atoms with E-state index >= 15 is 0 Å². The fourth-order valence-corrected chi connectivity index (χ4v) is 2.09. The molecule has 18 heavy (non-hydrogen) atoms. The van der Waals surface area contributed by atoms with Crippen LogP contribution in [0.5, 0.6) is 0 Å². The molecule has 0 bridgehead atoms. The highest BCUT2D eigenvalue weighted by Crippen LogP contribution is 2.17. The minimum atomic E-state index is -0.400. The van der Waals surface area contributed by atoms with E-state index in [9.17, 15) is 14.4 Å². The zero-order valence-electron chi connectivity index (χ0n) is 10.1.